The number of anilines is 1. The summed E-state index contributed by atoms with van der Waals surface area (Å²) in [5, 5.41) is 4.18. The number of hydrogen-bond donors (Lipinski definition) is 0. The zero-order valence-electron chi connectivity index (χ0n) is 14.9. The third-order valence-electron chi connectivity index (χ3n) is 4.60. The topological polar surface area (TPSA) is 84.2 Å². The van der Waals surface area contributed by atoms with Gasteiger partial charge in [-0.05, 0) is 25.1 Å². The minimum absolute atomic E-state index is 0.338. The van der Waals surface area contributed by atoms with Gasteiger partial charge in [0.2, 0.25) is 10.0 Å². The minimum Gasteiger partial charge on any atom is -0.354 e. The van der Waals surface area contributed by atoms with Gasteiger partial charge >= 0.3 is 0 Å². The summed E-state index contributed by atoms with van der Waals surface area (Å²) in [5.41, 5.74) is 1.04. The zero-order chi connectivity index (χ0) is 18.9. The Labute approximate surface area is 158 Å². The molecule has 1 aliphatic rings. The second-order valence-corrected chi connectivity index (χ2v) is 8.33. The molecule has 27 heavy (non-hydrogen) atoms. The van der Waals surface area contributed by atoms with Gasteiger partial charge in [-0.2, -0.15) is 9.40 Å². The van der Waals surface area contributed by atoms with Crippen LogP contribution in [0.3, 0.4) is 0 Å². The number of benzene rings is 1. The molecule has 0 aliphatic carbocycles. The number of rotatable bonds is 4. The van der Waals surface area contributed by atoms with Crippen LogP contribution in [0.25, 0.3) is 5.82 Å². The molecule has 0 atom stereocenters. The van der Waals surface area contributed by atoms with Crippen LogP contribution in [0.1, 0.15) is 5.56 Å². The molecule has 0 bridgehead atoms. The van der Waals surface area contributed by atoms with E-state index in [-0.39, 0.29) is 0 Å². The molecule has 0 N–H and O–H groups in total. The SMILES string of the molecule is Cc1ccc(S(=O)(=O)N2CCN(c3cc(-n4cccn4)ncn3)CC2)cc1. The number of aryl methyl sites for hydroxylation is 1. The Kier molecular flexibility index (Phi) is 4.63. The van der Waals surface area contributed by atoms with Crippen molar-refractivity contribution in [2.24, 2.45) is 0 Å². The molecule has 3 aromatic rings. The highest BCUT2D eigenvalue weighted by Crippen LogP contribution is 2.21. The van der Waals surface area contributed by atoms with Crippen molar-refractivity contribution < 1.29 is 8.42 Å². The van der Waals surface area contributed by atoms with Crippen LogP contribution in [0.15, 0.2) is 60.0 Å². The molecular formula is C18H20N6O2S. The first-order valence-corrected chi connectivity index (χ1v) is 10.1. The van der Waals surface area contributed by atoms with Crippen LogP contribution in [-0.4, -0.2) is 58.7 Å². The number of hydrogen-bond acceptors (Lipinski definition) is 6. The smallest absolute Gasteiger partial charge is 0.243 e. The number of sulfonamides is 1. The van der Waals surface area contributed by atoms with Gasteiger partial charge in [0, 0.05) is 44.6 Å². The van der Waals surface area contributed by atoms with Crippen LogP contribution in [0, 0.1) is 6.92 Å². The van der Waals surface area contributed by atoms with E-state index in [2.05, 4.69) is 20.0 Å². The van der Waals surface area contributed by atoms with Gasteiger partial charge in [0.05, 0.1) is 4.90 Å². The van der Waals surface area contributed by atoms with Crippen LogP contribution in [-0.2, 0) is 10.0 Å². The van der Waals surface area contributed by atoms with Crippen LogP contribution in [0.4, 0.5) is 5.82 Å². The summed E-state index contributed by atoms with van der Waals surface area (Å²) in [6.45, 7) is 3.91. The molecule has 140 valence electrons. The lowest BCUT2D eigenvalue weighted by molar-refractivity contribution is 0.383. The summed E-state index contributed by atoms with van der Waals surface area (Å²) in [7, 11) is -3.47. The highest BCUT2D eigenvalue weighted by atomic mass is 32.2. The van der Waals surface area contributed by atoms with E-state index in [0.29, 0.717) is 36.9 Å². The van der Waals surface area contributed by atoms with Gasteiger partial charge in [0.15, 0.2) is 5.82 Å². The highest BCUT2D eigenvalue weighted by Gasteiger charge is 2.29. The van der Waals surface area contributed by atoms with Gasteiger partial charge in [-0.25, -0.2) is 23.1 Å². The molecule has 0 saturated carbocycles. The molecule has 9 heteroatoms. The van der Waals surface area contributed by atoms with Crippen molar-refractivity contribution in [3.8, 4) is 5.82 Å². The van der Waals surface area contributed by atoms with Gasteiger partial charge in [0.25, 0.3) is 0 Å². The summed E-state index contributed by atoms with van der Waals surface area (Å²) < 4.78 is 28.8. The van der Waals surface area contributed by atoms with Crippen molar-refractivity contribution in [3.63, 3.8) is 0 Å². The molecule has 0 unspecified atom stereocenters. The Morgan fingerprint density at radius 2 is 1.67 bits per heavy atom. The number of nitrogens with zero attached hydrogens (tertiary/aromatic N) is 6. The predicted molar refractivity (Wildman–Crippen MR) is 101 cm³/mol. The summed E-state index contributed by atoms with van der Waals surface area (Å²) in [4.78, 5) is 11.0. The maximum absolute atomic E-state index is 12.8. The first-order chi connectivity index (χ1) is 13.0. The van der Waals surface area contributed by atoms with Gasteiger partial charge in [-0.3, -0.25) is 0 Å². The van der Waals surface area contributed by atoms with Crippen molar-refractivity contribution in [3.05, 3.63) is 60.7 Å². The van der Waals surface area contributed by atoms with Gasteiger partial charge in [-0.1, -0.05) is 17.7 Å². The zero-order valence-corrected chi connectivity index (χ0v) is 15.7. The Hall–Kier alpha value is -2.78. The molecule has 1 aliphatic heterocycles. The van der Waals surface area contributed by atoms with Crippen molar-refractivity contribution in [1.82, 2.24) is 24.1 Å². The normalized spacial score (nSPS) is 15.8. The lowest BCUT2D eigenvalue weighted by atomic mass is 10.2. The van der Waals surface area contributed by atoms with Crippen LogP contribution >= 0.6 is 0 Å². The van der Waals surface area contributed by atoms with E-state index < -0.39 is 10.0 Å². The Morgan fingerprint density at radius 1 is 0.963 bits per heavy atom. The Bertz CT molecular complexity index is 1010. The standard InChI is InChI=1S/C18H20N6O2S/c1-15-3-5-16(6-4-15)27(25,26)23-11-9-22(10-12-23)17-13-18(20-14-19-17)24-8-2-7-21-24/h2-8,13-14H,9-12H2,1H3. The summed E-state index contributed by atoms with van der Waals surface area (Å²) in [6, 6.07) is 10.7. The van der Waals surface area contributed by atoms with E-state index in [0.717, 1.165) is 11.4 Å². The van der Waals surface area contributed by atoms with E-state index in [1.165, 1.54) is 10.6 Å². The van der Waals surface area contributed by atoms with E-state index in [9.17, 15) is 8.42 Å². The molecular weight excluding hydrogens is 364 g/mol. The largest absolute Gasteiger partial charge is 0.354 e. The van der Waals surface area contributed by atoms with E-state index in [4.69, 9.17) is 0 Å². The molecule has 0 spiro atoms. The molecule has 4 rings (SSSR count). The van der Waals surface area contributed by atoms with E-state index >= 15 is 0 Å². The number of piperazine rings is 1. The fraction of sp³-hybridized carbons (Fsp3) is 0.278. The van der Waals surface area contributed by atoms with Crippen LogP contribution in [0.2, 0.25) is 0 Å². The average Bonchev–Trinajstić information content (AvgIpc) is 3.23. The van der Waals surface area contributed by atoms with Gasteiger partial charge in [0.1, 0.15) is 12.1 Å². The molecule has 0 amide bonds. The molecule has 3 heterocycles. The van der Waals surface area contributed by atoms with Crippen molar-refractivity contribution in [1.29, 1.82) is 0 Å². The third-order valence-corrected chi connectivity index (χ3v) is 6.51. The maximum Gasteiger partial charge on any atom is 0.243 e. The minimum atomic E-state index is -3.47. The summed E-state index contributed by atoms with van der Waals surface area (Å²) in [6.07, 6.45) is 5.01. The van der Waals surface area contributed by atoms with Gasteiger partial charge < -0.3 is 4.90 Å². The summed E-state index contributed by atoms with van der Waals surface area (Å²) in [5.74, 6) is 1.45. The first kappa shape index (κ1) is 17.6. The molecule has 1 fully saturated rings. The predicted octanol–water partition coefficient (Wildman–Crippen LogP) is 1.48. The third kappa shape index (κ3) is 3.56. The molecule has 2 aromatic heterocycles. The Morgan fingerprint density at radius 3 is 2.33 bits per heavy atom. The molecule has 0 radical (unpaired) electrons. The van der Waals surface area contributed by atoms with Gasteiger partial charge in [-0.15, -0.1) is 0 Å². The highest BCUT2D eigenvalue weighted by molar-refractivity contribution is 7.89. The molecule has 1 saturated heterocycles. The lowest BCUT2D eigenvalue weighted by Gasteiger charge is -2.34. The van der Waals surface area contributed by atoms with Crippen molar-refractivity contribution in [2.75, 3.05) is 31.1 Å². The van der Waals surface area contributed by atoms with Crippen molar-refractivity contribution in [2.45, 2.75) is 11.8 Å². The number of aromatic nitrogens is 4. The van der Waals surface area contributed by atoms with Crippen molar-refractivity contribution >= 4 is 15.8 Å². The van der Waals surface area contributed by atoms with E-state index in [1.807, 2.05) is 37.4 Å². The fourth-order valence-corrected chi connectivity index (χ4v) is 4.48. The maximum atomic E-state index is 12.8. The van der Waals surface area contributed by atoms with Crippen LogP contribution < -0.4 is 4.90 Å². The second-order valence-electron chi connectivity index (χ2n) is 6.39. The quantitative estimate of drug-likeness (QED) is 0.677. The fourth-order valence-electron chi connectivity index (χ4n) is 3.06. The monoisotopic (exact) mass is 384 g/mol. The average molecular weight is 384 g/mol. The second kappa shape index (κ2) is 7.09. The first-order valence-electron chi connectivity index (χ1n) is 8.68. The van der Waals surface area contributed by atoms with Crippen LogP contribution in [0.5, 0.6) is 0 Å². The Balaban J connectivity index is 1.48. The lowest BCUT2D eigenvalue weighted by Crippen LogP contribution is -2.48. The molecule has 1 aromatic carbocycles. The summed E-state index contributed by atoms with van der Waals surface area (Å²) >= 11 is 0. The molecule has 8 nitrogen and oxygen atoms in total. The van der Waals surface area contributed by atoms with E-state index in [1.54, 1.807) is 23.0 Å².